The number of carbonyl (C=O) groups is 2. The van der Waals surface area contributed by atoms with Gasteiger partial charge in [-0.05, 0) is 54.7 Å². The van der Waals surface area contributed by atoms with E-state index >= 15 is 0 Å². The van der Waals surface area contributed by atoms with E-state index in [1.165, 1.54) is 37.9 Å². The third-order valence-corrected chi connectivity index (χ3v) is 5.80. The van der Waals surface area contributed by atoms with Crippen molar-refractivity contribution in [2.75, 3.05) is 16.9 Å². The molecule has 0 saturated heterocycles. The summed E-state index contributed by atoms with van der Waals surface area (Å²) in [5.74, 6) is -0.324. The Labute approximate surface area is 212 Å². The number of anilines is 1. The van der Waals surface area contributed by atoms with Gasteiger partial charge < -0.3 is 4.90 Å². The van der Waals surface area contributed by atoms with Crippen LogP contribution in [0.3, 0.4) is 0 Å². The number of alkyl halides is 4. The molecule has 33 heavy (non-hydrogen) atoms. The van der Waals surface area contributed by atoms with E-state index in [1.54, 1.807) is 18.2 Å². The SMILES string of the molecule is CC(=O)C1=C(C)N(c2cccc(C(F)(F)F)c2)C(=O)N(C)C1c1ccc(C#N)cc1Br.CI. The Morgan fingerprint density at radius 1 is 1.18 bits per heavy atom. The van der Waals surface area contributed by atoms with Gasteiger partial charge in [0.05, 0.1) is 28.9 Å². The Balaban J connectivity index is 0.00000187. The minimum Gasteiger partial charge on any atom is -0.316 e. The average Bonchev–Trinajstić information content (AvgIpc) is 2.77. The highest BCUT2D eigenvalue weighted by atomic mass is 127. The van der Waals surface area contributed by atoms with Crippen molar-refractivity contribution in [3.63, 3.8) is 0 Å². The first kappa shape index (κ1) is 26.9. The third-order valence-electron chi connectivity index (χ3n) is 5.11. The molecule has 2 aromatic rings. The number of likely N-dealkylation sites (N-methyl/N-ethyl adjacent to an activating group) is 1. The highest BCUT2D eigenvalue weighted by Gasteiger charge is 2.40. The largest absolute Gasteiger partial charge is 0.416 e. The summed E-state index contributed by atoms with van der Waals surface area (Å²) >= 11 is 5.55. The fourth-order valence-electron chi connectivity index (χ4n) is 3.68. The summed E-state index contributed by atoms with van der Waals surface area (Å²) in [6, 6.07) is 9.88. The van der Waals surface area contributed by atoms with Gasteiger partial charge in [0.25, 0.3) is 0 Å². The van der Waals surface area contributed by atoms with Gasteiger partial charge in [-0.3, -0.25) is 9.69 Å². The molecule has 0 fully saturated rings. The first-order valence-corrected chi connectivity index (χ1v) is 12.5. The lowest BCUT2D eigenvalue weighted by Crippen LogP contribution is -2.48. The van der Waals surface area contributed by atoms with Crippen molar-refractivity contribution in [3.05, 3.63) is 74.9 Å². The Bertz CT molecular complexity index is 1160. The van der Waals surface area contributed by atoms with Crippen LogP contribution in [-0.4, -0.2) is 28.7 Å². The van der Waals surface area contributed by atoms with Crippen LogP contribution in [0.15, 0.2) is 58.2 Å². The van der Waals surface area contributed by atoms with E-state index in [2.05, 4.69) is 38.5 Å². The first-order valence-electron chi connectivity index (χ1n) is 9.50. The molecule has 2 amide bonds. The molecule has 1 unspecified atom stereocenters. The molecule has 0 saturated carbocycles. The topological polar surface area (TPSA) is 64.4 Å². The summed E-state index contributed by atoms with van der Waals surface area (Å²) in [6.07, 6.45) is -4.57. The van der Waals surface area contributed by atoms with Gasteiger partial charge in [-0.1, -0.05) is 50.7 Å². The Hall–Kier alpha value is -2.39. The van der Waals surface area contributed by atoms with Crippen LogP contribution >= 0.6 is 38.5 Å². The molecule has 2 aromatic carbocycles. The van der Waals surface area contributed by atoms with Crippen molar-refractivity contribution in [3.8, 4) is 6.07 Å². The minimum atomic E-state index is -4.57. The van der Waals surface area contributed by atoms with E-state index in [0.29, 0.717) is 15.6 Å². The van der Waals surface area contributed by atoms with Crippen LogP contribution in [-0.2, 0) is 11.0 Å². The predicted octanol–water partition coefficient (Wildman–Crippen LogP) is 6.87. The quantitative estimate of drug-likeness (QED) is 0.274. The highest BCUT2D eigenvalue weighted by molar-refractivity contribution is 14.1. The van der Waals surface area contributed by atoms with E-state index < -0.39 is 23.8 Å². The first-order chi connectivity index (χ1) is 15.5. The normalized spacial score (nSPS) is 16.2. The molecule has 3 rings (SSSR count). The lowest BCUT2D eigenvalue weighted by Gasteiger charge is -2.41. The minimum absolute atomic E-state index is 0.0141. The van der Waals surface area contributed by atoms with Crippen LogP contribution in [0.25, 0.3) is 0 Å². The van der Waals surface area contributed by atoms with Crippen molar-refractivity contribution < 1.29 is 22.8 Å². The molecular formula is C23H20BrF3IN3O2. The molecule has 1 aliphatic rings. The van der Waals surface area contributed by atoms with E-state index in [0.717, 1.165) is 17.0 Å². The average molecular weight is 634 g/mol. The molecule has 1 heterocycles. The number of allylic oxidation sites excluding steroid dienone is 1. The molecule has 0 aromatic heterocycles. The van der Waals surface area contributed by atoms with Gasteiger partial charge in [0, 0.05) is 22.8 Å². The van der Waals surface area contributed by atoms with E-state index in [9.17, 15) is 22.8 Å². The van der Waals surface area contributed by atoms with Crippen LogP contribution in [0.4, 0.5) is 23.7 Å². The Morgan fingerprint density at radius 3 is 2.33 bits per heavy atom. The zero-order valence-corrected chi connectivity index (χ0v) is 21.9. The van der Waals surface area contributed by atoms with Gasteiger partial charge in [-0.2, -0.15) is 18.4 Å². The lowest BCUT2D eigenvalue weighted by molar-refractivity contribution is -0.137. The number of rotatable bonds is 3. The van der Waals surface area contributed by atoms with Gasteiger partial charge in [0.1, 0.15) is 0 Å². The molecule has 0 radical (unpaired) electrons. The number of amides is 2. The number of hydrogen-bond donors (Lipinski definition) is 0. The molecule has 0 bridgehead atoms. The second-order valence-electron chi connectivity index (χ2n) is 7.08. The molecule has 5 nitrogen and oxygen atoms in total. The van der Waals surface area contributed by atoms with Crippen molar-refractivity contribution in [2.24, 2.45) is 0 Å². The van der Waals surface area contributed by atoms with Gasteiger partial charge in [-0.25, -0.2) is 4.79 Å². The number of nitrogens with zero attached hydrogens (tertiary/aromatic N) is 3. The number of Topliss-reactive ketones (excluding diaryl/α,β-unsaturated/α-hetero) is 1. The molecule has 0 N–H and O–H groups in total. The Morgan fingerprint density at radius 2 is 1.82 bits per heavy atom. The van der Waals surface area contributed by atoms with E-state index in [1.807, 2.05) is 11.0 Å². The second-order valence-corrected chi connectivity index (χ2v) is 7.94. The third kappa shape index (κ3) is 5.41. The fraction of sp³-hybridized carbons (Fsp3) is 0.261. The van der Waals surface area contributed by atoms with Gasteiger partial charge in [-0.15, -0.1) is 0 Å². The van der Waals surface area contributed by atoms with Crippen molar-refractivity contribution >= 4 is 56.0 Å². The summed E-state index contributed by atoms with van der Waals surface area (Å²) in [5.41, 5.74) is 0.620. The van der Waals surface area contributed by atoms with Crippen molar-refractivity contribution in [1.29, 1.82) is 5.26 Å². The standard InChI is InChI=1S/C22H17BrF3N3O2.CH3I/c1-12-19(13(2)30)20(17-8-7-14(11-27)9-18(17)23)28(3)21(31)29(12)16-6-4-5-15(10-16)22(24,25)26;1-2/h4-10,20H,1-3H3;1H3. The summed E-state index contributed by atoms with van der Waals surface area (Å²) in [5, 5.41) is 9.09. The summed E-state index contributed by atoms with van der Waals surface area (Å²) in [6.45, 7) is 2.88. The number of urea groups is 1. The zero-order chi connectivity index (χ0) is 25.1. The number of ketones is 1. The predicted molar refractivity (Wildman–Crippen MR) is 132 cm³/mol. The van der Waals surface area contributed by atoms with Crippen LogP contribution < -0.4 is 4.90 Å². The van der Waals surface area contributed by atoms with Gasteiger partial charge >= 0.3 is 12.2 Å². The maximum absolute atomic E-state index is 13.2. The number of hydrogen-bond acceptors (Lipinski definition) is 3. The Kier molecular flexibility index (Phi) is 8.70. The van der Waals surface area contributed by atoms with E-state index in [-0.39, 0.29) is 22.7 Å². The molecule has 0 spiro atoms. The number of benzene rings is 2. The number of nitriles is 1. The summed E-state index contributed by atoms with van der Waals surface area (Å²) < 4.78 is 40.1. The van der Waals surface area contributed by atoms with Crippen molar-refractivity contribution in [2.45, 2.75) is 26.1 Å². The molecule has 1 atom stereocenters. The monoisotopic (exact) mass is 633 g/mol. The van der Waals surface area contributed by atoms with Crippen LogP contribution in [0.2, 0.25) is 0 Å². The van der Waals surface area contributed by atoms with Crippen LogP contribution in [0.1, 0.15) is 36.6 Å². The van der Waals surface area contributed by atoms with Crippen LogP contribution in [0, 0.1) is 11.3 Å². The lowest BCUT2D eigenvalue weighted by atomic mass is 9.90. The van der Waals surface area contributed by atoms with Gasteiger partial charge in [0.2, 0.25) is 0 Å². The number of carbonyl (C=O) groups excluding carboxylic acids is 2. The fourth-order valence-corrected chi connectivity index (χ4v) is 4.27. The molecule has 0 aliphatic carbocycles. The van der Waals surface area contributed by atoms with Crippen LogP contribution in [0.5, 0.6) is 0 Å². The maximum Gasteiger partial charge on any atom is 0.416 e. The molecule has 10 heteroatoms. The number of halogens is 5. The van der Waals surface area contributed by atoms with Gasteiger partial charge in [0.15, 0.2) is 5.78 Å². The second kappa shape index (κ2) is 10.7. The molecule has 174 valence electrons. The maximum atomic E-state index is 13.2. The zero-order valence-electron chi connectivity index (χ0n) is 18.2. The summed E-state index contributed by atoms with van der Waals surface area (Å²) in [7, 11) is 1.48. The molecular weight excluding hydrogens is 614 g/mol. The van der Waals surface area contributed by atoms with Crippen molar-refractivity contribution in [1.82, 2.24) is 4.90 Å². The highest BCUT2D eigenvalue weighted by Crippen LogP contribution is 2.42. The molecule has 1 aliphatic heterocycles. The smallest absolute Gasteiger partial charge is 0.316 e. The summed E-state index contributed by atoms with van der Waals surface area (Å²) in [4.78, 5) is 30.2. The van der Waals surface area contributed by atoms with E-state index in [4.69, 9.17) is 5.26 Å².